The molecule has 1 saturated heterocycles. The van der Waals surface area contributed by atoms with Crippen molar-refractivity contribution in [1.29, 1.82) is 0 Å². The number of fused-ring (bicyclic) bond motifs is 2. The quantitative estimate of drug-likeness (QED) is 0.297. The molecule has 1 amide bonds. The molecule has 8 heteroatoms. The van der Waals surface area contributed by atoms with Gasteiger partial charge in [-0.05, 0) is 63.9 Å². The molecule has 0 spiro atoms. The number of carbonyl (C=O) groups is 1. The fourth-order valence-corrected chi connectivity index (χ4v) is 7.01. The van der Waals surface area contributed by atoms with Gasteiger partial charge in [-0.1, -0.05) is 30.3 Å². The van der Waals surface area contributed by atoms with E-state index in [0.29, 0.717) is 17.7 Å². The predicted octanol–water partition coefficient (Wildman–Crippen LogP) is 5.72. The average Bonchev–Trinajstić information content (AvgIpc) is 3.57. The number of nitrogens with one attached hydrogen (secondary N) is 1. The van der Waals surface area contributed by atoms with Crippen molar-refractivity contribution in [3.63, 3.8) is 0 Å². The molecule has 1 N–H and O–H groups in total. The molecular weight excluding hydrogens is 522 g/mol. The van der Waals surface area contributed by atoms with E-state index in [0.717, 1.165) is 57.7 Å². The fraction of sp³-hybridized carbons (Fsp3) is 0.382. The standard InChI is InChI=1S/C34H39N7O/c1-23-32-31(24-8-12-27(13-9-24)36-34(42)30-22-26-6-4-5-7-29(26)39(30)3)37-33(41(32)17-16-35-23)25-10-14-28(15-11-25)40-20-18-38(2)19-21-40/h4-9,12-13,16-17,22,25,28H,10-11,14-15,18-21H2,1-3H3,(H,36,42)/t25-,28-. The zero-order chi connectivity index (χ0) is 28.8. The van der Waals surface area contributed by atoms with Crippen molar-refractivity contribution < 1.29 is 4.79 Å². The van der Waals surface area contributed by atoms with E-state index < -0.39 is 0 Å². The fourth-order valence-electron chi connectivity index (χ4n) is 7.01. The second-order valence-electron chi connectivity index (χ2n) is 12.1. The van der Waals surface area contributed by atoms with E-state index in [9.17, 15) is 4.79 Å². The van der Waals surface area contributed by atoms with Crippen molar-refractivity contribution >= 4 is 28.0 Å². The van der Waals surface area contributed by atoms with Crippen molar-refractivity contribution in [2.45, 2.75) is 44.6 Å². The highest BCUT2D eigenvalue weighted by Crippen LogP contribution is 2.38. The Morgan fingerprint density at radius 3 is 2.40 bits per heavy atom. The molecule has 0 radical (unpaired) electrons. The monoisotopic (exact) mass is 561 g/mol. The third-order valence-electron chi connectivity index (χ3n) is 9.48. The van der Waals surface area contributed by atoms with Gasteiger partial charge in [-0.15, -0.1) is 0 Å². The van der Waals surface area contributed by atoms with Gasteiger partial charge in [0.25, 0.3) is 5.91 Å². The SMILES string of the molecule is Cc1nccn2c1c(-c1ccc(NC(=O)c3cc4ccccc4n3C)cc1)nc2[C@H]1CC[C@H](N2CCN(C)CC2)CC1. The summed E-state index contributed by atoms with van der Waals surface area (Å²) in [5, 5.41) is 4.13. The molecule has 5 aromatic rings. The van der Waals surface area contributed by atoms with E-state index >= 15 is 0 Å². The van der Waals surface area contributed by atoms with Crippen molar-refractivity contribution in [2.75, 3.05) is 38.5 Å². The Hall–Kier alpha value is -4.01. The summed E-state index contributed by atoms with van der Waals surface area (Å²) in [5.74, 6) is 1.47. The first kappa shape index (κ1) is 26.9. The topological polar surface area (TPSA) is 70.7 Å². The van der Waals surface area contributed by atoms with Gasteiger partial charge < -0.3 is 14.8 Å². The zero-order valence-corrected chi connectivity index (χ0v) is 24.8. The smallest absolute Gasteiger partial charge is 0.272 e. The van der Waals surface area contributed by atoms with Gasteiger partial charge in [0.15, 0.2) is 0 Å². The van der Waals surface area contributed by atoms with E-state index in [4.69, 9.17) is 4.98 Å². The number of nitrogens with zero attached hydrogens (tertiary/aromatic N) is 6. The Morgan fingerprint density at radius 2 is 1.67 bits per heavy atom. The van der Waals surface area contributed by atoms with Crippen LogP contribution in [-0.4, -0.2) is 73.9 Å². The molecule has 0 atom stereocenters. The Bertz CT molecular complexity index is 1740. The third-order valence-corrected chi connectivity index (χ3v) is 9.48. The molecule has 3 aromatic heterocycles. The lowest BCUT2D eigenvalue weighted by Crippen LogP contribution is -2.49. The molecular formula is C34H39N7O. The van der Waals surface area contributed by atoms with Gasteiger partial charge >= 0.3 is 0 Å². The van der Waals surface area contributed by atoms with Crippen molar-refractivity contribution in [1.82, 2.24) is 28.7 Å². The maximum atomic E-state index is 13.1. The van der Waals surface area contributed by atoms with E-state index in [1.165, 1.54) is 39.0 Å². The lowest BCUT2D eigenvalue weighted by molar-refractivity contribution is 0.0872. The molecule has 4 heterocycles. The number of hydrogen-bond acceptors (Lipinski definition) is 5. The number of likely N-dealkylation sites (N-methyl/N-ethyl adjacent to an activating group) is 1. The summed E-state index contributed by atoms with van der Waals surface area (Å²) in [6, 6.07) is 18.7. The molecule has 0 bridgehead atoms. The number of aromatic nitrogens is 4. The highest BCUT2D eigenvalue weighted by atomic mass is 16.1. The average molecular weight is 562 g/mol. The molecule has 0 unspecified atom stereocenters. The first-order valence-corrected chi connectivity index (χ1v) is 15.2. The summed E-state index contributed by atoms with van der Waals surface area (Å²) in [5.41, 5.74) is 6.47. The van der Waals surface area contributed by atoms with Crippen molar-refractivity contribution in [3.8, 4) is 11.3 Å². The zero-order valence-electron chi connectivity index (χ0n) is 24.8. The summed E-state index contributed by atoms with van der Waals surface area (Å²) in [7, 11) is 4.15. The number of hydrogen-bond donors (Lipinski definition) is 1. The van der Waals surface area contributed by atoms with E-state index in [1.54, 1.807) is 0 Å². The second-order valence-corrected chi connectivity index (χ2v) is 12.1. The highest BCUT2D eigenvalue weighted by molar-refractivity contribution is 6.06. The van der Waals surface area contributed by atoms with Gasteiger partial charge in [0.2, 0.25) is 0 Å². The number of benzene rings is 2. The maximum Gasteiger partial charge on any atom is 0.272 e. The number of piperazine rings is 1. The van der Waals surface area contributed by atoms with Crippen LogP contribution in [0.4, 0.5) is 5.69 Å². The number of amides is 1. The first-order valence-electron chi connectivity index (χ1n) is 15.2. The van der Waals surface area contributed by atoms with Gasteiger partial charge in [-0.2, -0.15) is 0 Å². The molecule has 7 rings (SSSR count). The van der Waals surface area contributed by atoms with E-state index in [2.05, 4.69) is 56.8 Å². The van der Waals surface area contributed by atoms with E-state index in [-0.39, 0.29) is 5.91 Å². The van der Waals surface area contributed by atoms with Crippen LogP contribution in [-0.2, 0) is 7.05 Å². The number of imidazole rings is 1. The molecule has 2 aliphatic rings. The number of aryl methyl sites for hydroxylation is 2. The van der Waals surface area contributed by atoms with Crippen LogP contribution in [0.1, 0.15) is 53.6 Å². The van der Waals surface area contributed by atoms with Crippen LogP contribution < -0.4 is 5.32 Å². The van der Waals surface area contributed by atoms with Gasteiger partial charge in [0, 0.05) is 79.7 Å². The Kier molecular flexibility index (Phi) is 7.04. The number of para-hydroxylation sites is 1. The van der Waals surface area contributed by atoms with Crippen LogP contribution in [0.25, 0.3) is 27.7 Å². The van der Waals surface area contributed by atoms with Crippen molar-refractivity contribution in [2.24, 2.45) is 7.05 Å². The lowest BCUT2D eigenvalue weighted by Gasteiger charge is -2.41. The molecule has 1 saturated carbocycles. The molecule has 2 aromatic carbocycles. The van der Waals surface area contributed by atoms with Crippen LogP contribution in [0.2, 0.25) is 0 Å². The summed E-state index contributed by atoms with van der Waals surface area (Å²) in [4.78, 5) is 28.2. The van der Waals surface area contributed by atoms with Gasteiger partial charge in [-0.25, -0.2) is 4.98 Å². The largest absolute Gasteiger partial charge is 0.340 e. The Morgan fingerprint density at radius 1 is 0.929 bits per heavy atom. The molecule has 1 aliphatic heterocycles. The minimum absolute atomic E-state index is 0.122. The lowest BCUT2D eigenvalue weighted by atomic mass is 9.84. The summed E-state index contributed by atoms with van der Waals surface area (Å²) in [6.07, 6.45) is 8.74. The molecule has 8 nitrogen and oxygen atoms in total. The summed E-state index contributed by atoms with van der Waals surface area (Å²) >= 11 is 0. The molecule has 2 fully saturated rings. The minimum atomic E-state index is -0.122. The Labute approximate surface area is 247 Å². The minimum Gasteiger partial charge on any atom is -0.340 e. The van der Waals surface area contributed by atoms with Gasteiger partial charge in [-0.3, -0.25) is 19.1 Å². The van der Waals surface area contributed by atoms with Crippen LogP contribution in [0.3, 0.4) is 0 Å². The van der Waals surface area contributed by atoms with Crippen LogP contribution in [0.15, 0.2) is 67.0 Å². The molecule has 42 heavy (non-hydrogen) atoms. The van der Waals surface area contributed by atoms with Crippen LogP contribution in [0, 0.1) is 6.92 Å². The van der Waals surface area contributed by atoms with Crippen LogP contribution in [0.5, 0.6) is 0 Å². The second kappa shape index (κ2) is 11.0. The molecule has 1 aliphatic carbocycles. The number of rotatable bonds is 5. The van der Waals surface area contributed by atoms with Crippen LogP contribution >= 0.6 is 0 Å². The number of anilines is 1. The predicted molar refractivity (Wildman–Crippen MR) is 168 cm³/mol. The third kappa shape index (κ3) is 4.88. The maximum absolute atomic E-state index is 13.1. The van der Waals surface area contributed by atoms with Gasteiger partial charge in [0.05, 0.1) is 16.9 Å². The van der Waals surface area contributed by atoms with Crippen molar-refractivity contribution in [3.05, 3.63) is 84.2 Å². The summed E-state index contributed by atoms with van der Waals surface area (Å²) < 4.78 is 4.21. The van der Waals surface area contributed by atoms with Gasteiger partial charge in [0.1, 0.15) is 11.5 Å². The Balaban J connectivity index is 1.11. The van der Waals surface area contributed by atoms with E-state index in [1.807, 2.05) is 60.3 Å². The highest BCUT2D eigenvalue weighted by Gasteiger charge is 2.31. The number of carbonyl (C=O) groups excluding carboxylic acids is 1. The summed E-state index contributed by atoms with van der Waals surface area (Å²) in [6.45, 7) is 6.78. The molecule has 216 valence electrons. The first-order chi connectivity index (χ1) is 20.5. The normalized spacial score (nSPS) is 20.4.